The van der Waals surface area contributed by atoms with Gasteiger partial charge in [-0.15, -0.1) is 0 Å². The Morgan fingerprint density at radius 1 is 1.00 bits per heavy atom. The van der Waals surface area contributed by atoms with Crippen molar-refractivity contribution < 1.29 is 19.6 Å². The summed E-state index contributed by atoms with van der Waals surface area (Å²) in [5.74, 6) is -0.509. The largest absolute Gasteiger partial charge is 0.488 e. The quantitative estimate of drug-likeness (QED) is 0.170. The summed E-state index contributed by atoms with van der Waals surface area (Å²) in [6.45, 7) is 0.00646. The molecule has 5 rings (SSSR count). The van der Waals surface area contributed by atoms with E-state index in [1.54, 1.807) is 48.5 Å². The van der Waals surface area contributed by atoms with Crippen LogP contribution in [0.4, 0.5) is 5.69 Å². The minimum Gasteiger partial charge on any atom is -0.488 e. The van der Waals surface area contributed by atoms with Crippen molar-refractivity contribution in [3.8, 4) is 17.1 Å². The van der Waals surface area contributed by atoms with Gasteiger partial charge in [0.15, 0.2) is 5.82 Å². The molecule has 0 unspecified atom stereocenters. The highest BCUT2D eigenvalue weighted by molar-refractivity contribution is 5.88. The first kappa shape index (κ1) is 25.0. The van der Waals surface area contributed by atoms with Crippen molar-refractivity contribution in [1.29, 1.82) is 0 Å². The Labute approximate surface area is 221 Å². The number of carboxylic acid groups (broad SMARTS) is 1. The third kappa shape index (κ3) is 5.39. The number of hydrogen-bond acceptors (Lipinski definition) is 7. The van der Waals surface area contributed by atoms with Gasteiger partial charge in [-0.2, -0.15) is 9.78 Å². The molecule has 1 aromatic heterocycles. The lowest BCUT2D eigenvalue weighted by Gasteiger charge is -2.11. The van der Waals surface area contributed by atoms with Gasteiger partial charge >= 0.3 is 5.97 Å². The van der Waals surface area contributed by atoms with E-state index in [4.69, 9.17) is 4.74 Å². The molecule has 0 saturated carbocycles. The molecular formula is C29H20N4O6. The number of nitrogens with zero attached hydrogens (tertiary/aromatic N) is 4. The standard InChI is InChI=1S/C29H20N4O6/c34-28-24-11-4-5-12-25(24)31-27(20-8-2-1-3-9-20)32(28)30-17-22-16-23(33(37)38)13-14-26(22)39-18-19-7-6-10-21(15-19)29(35)36/h1-17H,18H2,(H,35,36). The van der Waals surface area contributed by atoms with Crippen LogP contribution in [0.2, 0.25) is 0 Å². The van der Waals surface area contributed by atoms with E-state index in [9.17, 15) is 24.8 Å². The minimum atomic E-state index is -1.07. The molecule has 0 atom stereocenters. The van der Waals surface area contributed by atoms with E-state index in [2.05, 4.69) is 10.1 Å². The monoisotopic (exact) mass is 520 g/mol. The van der Waals surface area contributed by atoms with E-state index in [1.165, 1.54) is 36.5 Å². The van der Waals surface area contributed by atoms with Crippen molar-refractivity contribution >= 4 is 28.8 Å². The van der Waals surface area contributed by atoms with Crippen molar-refractivity contribution in [2.24, 2.45) is 5.10 Å². The lowest BCUT2D eigenvalue weighted by Crippen LogP contribution is -2.20. The van der Waals surface area contributed by atoms with Crippen LogP contribution >= 0.6 is 0 Å². The number of fused-ring (bicyclic) bond motifs is 1. The number of hydrogen-bond donors (Lipinski definition) is 1. The van der Waals surface area contributed by atoms with Gasteiger partial charge in [-0.3, -0.25) is 14.9 Å². The lowest BCUT2D eigenvalue weighted by molar-refractivity contribution is -0.384. The molecular weight excluding hydrogens is 500 g/mol. The summed E-state index contributed by atoms with van der Waals surface area (Å²) >= 11 is 0. The SMILES string of the molecule is O=C(O)c1cccc(COc2ccc([N+](=O)[O-])cc2C=Nn2c(-c3ccccc3)nc3ccccc3c2=O)c1. The molecule has 192 valence electrons. The highest BCUT2D eigenvalue weighted by Gasteiger charge is 2.15. The molecule has 0 aliphatic heterocycles. The molecule has 0 saturated heterocycles. The molecule has 0 radical (unpaired) electrons. The molecule has 39 heavy (non-hydrogen) atoms. The molecule has 0 aliphatic carbocycles. The topological polar surface area (TPSA) is 137 Å². The van der Waals surface area contributed by atoms with Crippen LogP contribution < -0.4 is 10.3 Å². The summed E-state index contributed by atoms with van der Waals surface area (Å²) < 4.78 is 7.04. The van der Waals surface area contributed by atoms with Crippen LogP contribution in [-0.2, 0) is 6.61 Å². The van der Waals surface area contributed by atoms with Gasteiger partial charge in [0.05, 0.1) is 27.6 Å². The average molecular weight is 521 g/mol. The lowest BCUT2D eigenvalue weighted by atomic mass is 10.1. The van der Waals surface area contributed by atoms with Crippen molar-refractivity contribution in [2.45, 2.75) is 6.61 Å². The van der Waals surface area contributed by atoms with Gasteiger partial charge in [0, 0.05) is 23.3 Å². The third-order valence-corrected chi connectivity index (χ3v) is 5.87. The van der Waals surface area contributed by atoms with E-state index in [1.807, 2.05) is 18.2 Å². The number of carbonyl (C=O) groups is 1. The van der Waals surface area contributed by atoms with Gasteiger partial charge < -0.3 is 9.84 Å². The van der Waals surface area contributed by atoms with E-state index < -0.39 is 16.5 Å². The summed E-state index contributed by atoms with van der Waals surface area (Å²) in [5, 5.41) is 25.5. The normalized spacial score (nSPS) is 11.1. The highest BCUT2D eigenvalue weighted by atomic mass is 16.6. The minimum absolute atomic E-state index is 0.00646. The van der Waals surface area contributed by atoms with Gasteiger partial charge in [-0.25, -0.2) is 9.78 Å². The van der Waals surface area contributed by atoms with Gasteiger partial charge in [0.2, 0.25) is 0 Å². The fourth-order valence-electron chi connectivity index (χ4n) is 3.96. The predicted octanol–water partition coefficient (Wildman–Crippen LogP) is 5.13. The Bertz CT molecular complexity index is 1800. The Balaban J connectivity index is 1.57. The molecule has 0 amide bonds. The van der Waals surface area contributed by atoms with Crippen LogP contribution in [-0.4, -0.2) is 31.9 Å². The van der Waals surface area contributed by atoms with Crippen LogP contribution in [0.25, 0.3) is 22.3 Å². The molecule has 10 nitrogen and oxygen atoms in total. The average Bonchev–Trinajstić information content (AvgIpc) is 2.96. The molecule has 0 aliphatic rings. The zero-order valence-corrected chi connectivity index (χ0v) is 20.3. The summed E-state index contributed by atoms with van der Waals surface area (Å²) in [6, 6.07) is 26.2. The summed E-state index contributed by atoms with van der Waals surface area (Å²) in [5.41, 5.74) is 1.52. The molecule has 1 N–H and O–H groups in total. The Kier molecular flexibility index (Phi) is 6.91. The van der Waals surface area contributed by atoms with Gasteiger partial charge in [-0.05, 0) is 35.9 Å². The molecule has 5 aromatic rings. The number of carboxylic acids is 1. The molecule has 0 bridgehead atoms. The summed E-state index contributed by atoms with van der Waals surface area (Å²) in [7, 11) is 0. The molecule has 0 spiro atoms. The number of non-ortho nitro benzene ring substituents is 1. The van der Waals surface area contributed by atoms with Gasteiger partial charge in [0.1, 0.15) is 12.4 Å². The van der Waals surface area contributed by atoms with E-state index >= 15 is 0 Å². The fourth-order valence-corrected chi connectivity index (χ4v) is 3.96. The number of benzene rings is 4. The second kappa shape index (κ2) is 10.8. The number of aromatic carboxylic acids is 1. The number of nitro groups is 1. The predicted molar refractivity (Wildman–Crippen MR) is 145 cm³/mol. The van der Waals surface area contributed by atoms with Crippen LogP contribution in [0.3, 0.4) is 0 Å². The van der Waals surface area contributed by atoms with Crippen molar-refractivity contribution in [2.75, 3.05) is 0 Å². The summed E-state index contributed by atoms with van der Waals surface area (Å²) in [6.07, 6.45) is 1.31. The second-order valence-electron chi connectivity index (χ2n) is 8.45. The van der Waals surface area contributed by atoms with Crippen LogP contribution in [0.5, 0.6) is 5.75 Å². The fraction of sp³-hybridized carbons (Fsp3) is 0.0345. The zero-order valence-electron chi connectivity index (χ0n) is 20.3. The van der Waals surface area contributed by atoms with E-state index in [0.717, 1.165) is 4.68 Å². The maximum absolute atomic E-state index is 13.4. The Morgan fingerprint density at radius 3 is 2.54 bits per heavy atom. The maximum Gasteiger partial charge on any atom is 0.335 e. The zero-order chi connectivity index (χ0) is 27.4. The first-order valence-corrected chi connectivity index (χ1v) is 11.8. The Hall–Kier alpha value is -5.64. The summed E-state index contributed by atoms with van der Waals surface area (Å²) in [4.78, 5) is 40.3. The van der Waals surface area contributed by atoms with Gasteiger partial charge in [-0.1, -0.05) is 54.6 Å². The Morgan fingerprint density at radius 2 is 1.77 bits per heavy atom. The van der Waals surface area contributed by atoms with Crippen molar-refractivity contribution in [3.63, 3.8) is 0 Å². The maximum atomic E-state index is 13.4. The molecule has 10 heteroatoms. The number of ether oxygens (including phenoxy) is 1. The first-order chi connectivity index (χ1) is 18.9. The van der Waals surface area contributed by atoms with E-state index in [0.29, 0.717) is 27.9 Å². The van der Waals surface area contributed by atoms with Crippen LogP contribution in [0, 0.1) is 10.1 Å². The molecule has 4 aromatic carbocycles. The van der Waals surface area contributed by atoms with Gasteiger partial charge in [0.25, 0.3) is 11.2 Å². The van der Waals surface area contributed by atoms with E-state index in [-0.39, 0.29) is 29.2 Å². The smallest absolute Gasteiger partial charge is 0.335 e. The van der Waals surface area contributed by atoms with Crippen molar-refractivity contribution in [1.82, 2.24) is 9.66 Å². The van der Waals surface area contributed by atoms with Crippen molar-refractivity contribution in [3.05, 3.63) is 134 Å². The number of para-hydroxylation sites is 1. The second-order valence-corrected chi connectivity index (χ2v) is 8.45. The molecule has 1 heterocycles. The highest BCUT2D eigenvalue weighted by Crippen LogP contribution is 2.25. The van der Waals surface area contributed by atoms with Crippen LogP contribution in [0.15, 0.2) is 107 Å². The number of rotatable bonds is 8. The number of nitro benzene ring substituents is 1. The van der Waals surface area contributed by atoms with Crippen LogP contribution in [0.1, 0.15) is 21.5 Å². The molecule has 0 fully saturated rings. The number of aromatic nitrogens is 2. The third-order valence-electron chi connectivity index (χ3n) is 5.87. The first-order valence-electron chi connectivity index (χ1n) is 11.8.